The standard InChI is InChI=1S/C21H21N3O3S/c1-28(26,27)17-7-8-19-18(13-17)21(23-14-22-19)24-11-9-16(10-12-24)20(25)15-5-3-2-4-6-15/h2-8,13-14,16H,9-12H2,1H3. The molecule has 0 unspecified atom stereocenters. The number of hydrogen-bond acceptors (Lipinski definition) is 6. The first-order valence-corrected chi connectivity index (χ1v) is 11.1. The first-order valence-electron chi connectivity index (χ1n) is 9.22. The van der Waals surface area contributed by atoms with E-state index in [9.17, 15) is 13.2 Å². The molecule has 1 aromatic heterocycles. The highest BCUT2D eigenvalue weighted by Gasteiger charge is 2.27. The molecule has 2 aromatic carbocycles. The molecule has 1 aliphatic heterocycles. The minimum absolute atomic E-state index is 0.00154. The summed E-state index contributed by atoms with van der Waals surface area (Å²) < 4.78 is 23.8. The Morgan fingerprint density at radius 2 is 1.75 bits per heavy atom. The maximum Gasteiger partial charge on any atom is 0.175 e. The van der Waals surface area contributed by atoms with Gasteiger partial charge in [-0.3, -0.25) is 4.79 Å². The van der Waals surface area contributed by atoms with Crippen LogP contribution in [0.1, 0.15) is 23.2 Å². The molecule has 144 valence electrons. The summed E-state index contributed by atoms with van der Waals surface area (Å²) in [5.41, 5.74) is 1.46. The Bertz CT molecular complexity index is 1120. The van der Waals surface area contributed by atoms with Crippen LogP contribution in [-0.4, -0.2) is 43.5 Å². The third-order valence-electron chi connectivity index (χ3n) is 5.24. The van der Waals surface area contributed by atoms with Crippen molar-refractivity contribution in [3.8, 4) is 0 Å². The molecular formula is C21H21N3O3S. The van der Waals surface area contributed by atoms with Crippen LogP contribution in [0.3, 0.4) is 0 Å². The lowest BCUT2D eigenvalue weighted by molar-refractivity contribution is 0.0900. The van der Waals surface area contributed by atoms with E-state index >= 15 is 0 Å². The molecule has 28 heavy (non-hydrogen) atoms. The SMILES string of the molecule is CS(=O)(=O)c1ccc2ncnc(N3CCC(C(=O)c4ccccc4)CC3)c2c1. The van der Waals surface area contributed by atoms with Crippen LogP contribution in [0.4, 0.5) is 5.82 Å². The van der Waals surface area contributed by atoms with Crippen LogP contribution < -0.4 is 4.90 Å². The molecule has 3 aromatic rings. The van der Waals surface area contributed by atoms with Crippen molar-refractivity contribution < 1.29 is 13.2 Å². The topological polar surface area (TPSA) is 80.2 Å². The van der Waals surface area contributed by atoms with E-state index in [4.69, 9.17) is 0 Å². The highest BCUT2D eigenvalue weighted by atomic mass is 32.2. The van der Waals surface area contributed by atoms with E-state index in [2.05, 4.69) is 14.9 Å². The Labute approximate surface area is 164 Å². The molecule has 0 radical (unpaired) electrons. The number of hydrogen-bond donors (Lipinski definition) is 0. The number of Topliss-reactive ketones (excluding diaryl/α,β-unsaturated/α-hetero) is 1. The summed E-state index contributed by atoms with van der Waals surface area (Å²) in [6.07, 6.45) is 4.17. The predicted octanol–water partition coefficient (Wildman–Crippen LogP) is 3.13. The lowest BCUT2D eigenvalue weighted by Gasteiger charge is -2.32. The van der Waals surface area contributed by atoms with E-state index in [1.165, 1.54) is 12.6 Å². The number of anilines is 1. The number of sulfone groups is 1. The fourth-order valence-electron chi connectivity index (χ4n) is 3.70. The molecule has 4 rings (SSSR count). The molecule has 1 fully saturated rings. The number of piperidine rings is 1. The number of rotatable bonds is 4. The van der Waals surface area contributed by atoms with Crippen LogP contribution >= 0.6 is 0 Å². The summed E-state index contributed by atoms with van der Waals surface area (Å²) >= 11 is 0. The van der Waals surface area contributed by atoms with Crippen LogP contribution in [0.15, 0.2) is 59.8 Å². The molecule has 2 heterocycles. The molecule has 0 saturated carbocycles. The van der Waals surface area contributed by atoms with E-state index in [-0.39, 0.29) is 16.6 Å². The summed E-state index contributed by atoms with van der Waals surface area (Å²) in [6, 6.07) is 14.3. The van der Waals surface area contributed by atoms with Crippen molar-refractivity contribution >= 4 is 32.3 Å². The summed E-state index contributed by atoms with van der Waals surface area (Å²) in [6.45, 7) is 1.39. The van der Waals surface area contributed by atoms with Crippen LogP contribution in [0.5, 0.6) is 0 Å². The largest absolute Gasteiger partial charge is 0.356 e. The van der Waals surface area contributed by atoms with Gasteiger partial charge in [-0.1, -0.05) is 30.3 Å². The van der Waals surface area contributed by atoms with Crippen molar-refractivity contribution in [2.75, 3.05) is 24.2 Å². The third kappa shape index (κ3) is 3.62. The first-order chi connectivity index (χ1) is 13.4. The van der Waals surface area contributed by atoms with Crippen molar-refractivity contribution in [2.24, 2.45) is 5.92 Å². The molecule has 0 aliphatic carbocycles. The van der Waals surface area contributed by atoms with Gasteiger partial charge in [0.25, 0.3) is 0 Å². The predicted molar refractivity (Wildman–Crippen MR) is 108 cm³/mol. The van der Waals surface area contributed by atoms with Crippen LogP contribution in [0.25, 0.3) is 10.9 Å². The molecule has 1 aliphatic rings. The van der Waals surface area contributed by atoms with Crippen LogP contribution in [0, 0.1) is 5.92 Å². The minimum Gasteiger partial charge on any atom is -0.356 e. The molecule has 0 spiro atoms. The Morgan fingerprint density at radius 3 is 2.43 bits per heavy atom. The van der Waals surface area contributed by atoms with Gasteiger partial charge in [0.2, 0.25) is 0 Å². The maximum atomic E-state index is 12.7. The molecule has 0 amide bonds. The van der Waals surface area contributed by atoms with Crippen LogP contribution in [-0.2, 0) is 9.84 Å². The molecule has 0 bridgehead atoms. The third-order valence-corrected chi connectivity index (χ3v) is 6.35. The van der Waals surface area contributed by atoms with Crippen molar-refractivity contribution in [3.05, 3.63) is 60.4 Å². The Kier molecular flexibility index (Phi) is 4.85. The summed E-state index contributed by atoms with van der Waals surface area (Å²) in [4.78, 5) is 23.7. The number of nitrogens with zero attached hydrogens (tertiary/aromatic N) is 3. The Balaban J connectivity index is 1.58. The first kappa shape index (κ1) is 18.6. The number of carbonyl (C=O) groups is 1. The quantitative estimate of drug-likeness (QED) is 0.632. The summed E-state index contributed by atoms with van der Waals surface area (Å²) in [7, 11) is -3.31. The summed E-state index contributed by atoms with van der Waals surface area (Å²) in [5.74, 6) is 0.909. The molecule has 1 saturated heterocycles. The lowest BCUT2D eigenvalue weighted by Crippen LogP contribution is -2.37. The molecule has 6 nitrogen and oxygen atoms in total. The highest BCUT2D eigenvalue weighted by molar-refractivity contribution is 7.90. The smallest absolute Gasteiger partial charge is 0.175 e. The maximum absolute atomic E-state index is 12.7. The van der Waals surface area contributed by atoms with E-state index in [1.807, 2.05) is 30.3 Å². The van der Waals surface area contributed by atoms with Gasteiger partial charge in [0.1, 0.15) is 12.1 Å². The number of ketones is 1. The van der Waals surface area contributed by atoms with E-state index in [1.54, 1.807) is 18.2 Å². The van der Waals surface area contributed by atoms with Gasteiger partial charge < -0.3 is 4.90 Å². The fraction of sp³-hybridized carbons (Fsp3) is 0.286. The number of carbonyl (C=O) groups excluding carboxylic acids is 1. The normalized spacial score (nSPS) is 15.7. The monoisotopic (exact) mass is 395 g/mol. The van der Waals surface area contributed by atoms with Crippen molar-refractivity contribution in [3.63, 3.8) is 0 Å². The Morgan fingerprint density at radius 1 is 1.04 bits per heavy atom. The van der Waals surface area contributed by atoms with Gasteiger partial charge in [0, 0.05) is 36.2 Å². The molecule has 7 heteroatoms. The second kappa shape index (κ2) is 7.31. The molecule has 0 atom stereocenters. The highest BCUT2D eigenvalue weighted by Crippen LogP contribution is 2.30. The van der Waals surface area contributed by atoms with Gasteiger partial charge >= 0.3 is 0 Å². The second-order valence-electron chi connectivity index (χ2n) is 7.14. The van der Waals surface area contributed by atoms with Gasteiger partial charge in [-0.15, -0.1) is 0 Å². The lowest BCUT2D eigenvalue weighted by atomic mass is 9.89. The zero-order chi connectivity index (χ0) is 19.7. The molecule has 0 N–H and O–H groups in total. The van der Waals surface area contributed by atoms with Gasteiger partial charge in [-0.25, -0.2) is 18.4 Å². The number of fused-ring (bicyclic) bond motifs is 1. The average molecular weight is 395 g/mol. The van der Waals surface area contributed by atoms with E-state index in [0.29, 0.717) is 18.6 Å². The van der Waals surface area contributed by atoms with E-state index in [0.717, 1.165) is 29.6 Å². The Hall–Kier alpha value is -2.80. The van der Waals surface area contributed by atoms with E-state index < -0.39 is 9.84 Å². The fourth-order valence-corrected chi connectivity index (χ4v) is 4.34. The van der Waals surface area contributed by atoms with Crippen molar-refractivity contribution in [2.45, 2.75) is 17.7 Å². The summed E-state index contributed by atoms with van der Waals surface area (Å²) in [5, 5.41) is 0.721. The number of benzene rings is 2. The minimum atomic E-state index is -3.31. The average Bonchev–Trinajstić information content (AvgIpc) is 2.72. The van der Waals surface area contributed by atoms with Gasteiger partial charge in [0.05, 0.1) is 10.4 Å². The van der Waals surface area contributed by atoms with Crippen molar-refractivity contribution in [1.82, 2.24) is 9.97 Å². The van der Waals surface area contributed by atoms with Gasteiger partial charge in [-0.2, -0.15) is 0 Å². The zero-order valence-corrected chi connectivity index (χ0v) is 16.4. The van der Waals surface area contributed by atoms with Crippen molar-refractivity contribution in [1.29, 1.82) is 0 Å². The zero-order valence-electron chi connectivity index (χ0n) is 15.6. The molecular weight excluding hydrogens is 374 g/mol. The number of aromatic nitrogens is 2. The van der Waals surface area contributed by atoms with Gasteiger partial charge in [-0.05, 0) is 31.0 Å². The second-order valence-corrected chi connectivity index (χ2v) is 9.16. The van der Waals surface area contributed by atoms with Gasteiger partial charge in [0.15, 0.2) is 15.6 Å². The van der Waals surface area contributed by atoms with Crippen LogP contribution in [0.2, 0.25) is 0 Å².